The first-order valence-electron chi connectivity index (χ1n) is 13.4. The Morgan fingerprint density at radius 3 is 2.64 bits per heavy atom. The van der Waals surface area contributed by atoms with Gasteiger partial charge in [0.1, 0.15) is 11.6 Å². The maximum atomic E-state index is 5.55. The third kappa shape index (κ3) is 6.59. The lowest BCUT2D eigenvalue weighted by molar-refractivity contribution is 0.0342. The smallest absolute Gasteiger partial charge is 0.216 e. The van der Waals surface area contributed by atoms with Gasteiger partial charge >= 0.3 is 0 Å². The summed E-state index contributed by atoms with van der Waals surface area (Å²) in [4.78, 5) is 14.2. The molecule has 1 saturated heterocycles. The fourth-order valence-electron chi connectivity index (χ4n) is 5.01. The van der Waals surface area contributed by atoms with Gasteiger partial charge in [-0.1, -0.05) is 29.5 Å². The van der Waals surface area contributed by atoms with Crippen molar-refractivity contribution in [1.29, 1.82) is 0 Å². The maximum absolute atomic E-state index is 5.55. The molecule has 204 valence electrons. The largest absolute Gasteiger partial charge is 0.381 e. The van der Waals surface area contributed by atoms with Crippen molar-refractivity contribution in [3.05, 3.63) is 54.2 Å². The van der Waals surface area contributed by atoms with Gasteiger partial charge in [-0.25, -0.2) is 9.97 Å². The molecular weight excluding hydrogens is 514 g/mol. The highest BCUT2D eigenvalue weighted by atomic mass is 32.1. The van der Waals surface area contributed by atoms with Crippen LogP contribution in [0.25, 0.3) is 16.4 Å². The molecule has 12 heteroatoms. The van der Waals surface area contributed by atoms with Gasteiger partial charge in [0, 0.05) is 32.8 Å². The molecule has 0 amide bonds. The normalized spacial score (nSPS) is 20.1. The van der Waals surface area contributed by atoms with E-state index in [2.05, 4.69) is 48.1 Å². The van der Waals surface area contributed by atoms with Crippen molar-refractivity contribution in [3.63, 3.8) is 0 Å². The highest BCUT2D eigenvalue weighted by molar-refractivity contribution is 7.18. The molecule has 4 heterocycles. The van der Waals surface area contributed by atoms with Gasteiger partial charge in [0.05, 0.1) is 36.1 Å². The zero-order valence-corrected chi connectivity index (χ0v) is 22.8. The summed E-state index contributed by atoms with van der Waals surface area (Å²) < 4.78 is 11.1. The summed E-state index contributed by atoms with van der Waals surface area (Å²) in [6, 6.07) is 14.4. The number of para-hydroxylation sites is 1. The maximum Gasteiger partial charge on any atom is 0.216 e. The Morgan fingerprint density at radius 1 is 1.05 bits per heavy atom. The van der Waals surface area contributed by atoms with Crippen LogP contribution in [0.5, 0.6) is 0 Å². The molecule has 4 aromatic rings. The van der Waals surface area contributed by atoms with E-state index < -0.39 is 0 Å². The Kier molecular flexibility index (Phi) is 8.05. The molecular formula is C27H33N9O2S. The number of rotatable bonds is 9. The van der Waals surface area contributed by atoms with Crippen LogP contribution in [0.2, 0.25) is 0 Å². The van der Waals surface area contributed by atoms with Gasteiger partial charge in [-0.15, -0.1) is 15.0 Å². The molecule has 0 unspecified atom stereocenters. The molecule has 11 nitrogen and oxygen atoms in total. The molecule has 1 aromatic carbocycles. The van der Waals surface area contributed by atoms with E-state index in [0.29, 0.717) is 18.0 Å². The second-order valence-electron chi connectivity index (χ2n) is 9.88. The van der Waals surface area contributed by atoms with Gasteiger partial charge in [0.25, 0.3) is 0 Å². The number of tetrazole rings is 1. The molecule has 0 radical (unpaired) electrons. The number of anilines is 3. The van der Waals surface area contributed by atoms with E-state index in [1.54, 1.807) is 13.3 Å². The molecule has 39 heavy (non-hydrogen) atoms. The van der Waals surface area contributed by atoms with Crippen LogP contribution in [0.3, 0.4) is 0 Å². The summed E-state index contributed by atoms with van der Waals surface area (Å²) in [5.41, 5.74) is 2.06. The summed E-state index contributed by atoms with van der Waals surface area (Å²) in [7, 11) is 1.80. The van der Waals surface area contributed by atoms with Gasteiger partial charge in [-0.2, -0.15) is 0 Å². The number of nitrogens with zero attached hydrogens (tertiary/aromatic N) is 7. The van der Waals surface area contributed by atoms with Crippen LogP contribution < -0.4 is 10.6 Å². The summed E-state index contributed by atoms with van der Waals surface area (Å²) >= 11 is 1.47. The van der Waals surface area contributed by atoms with E-state index in [1.165, 1.54) is 21.7 Å². The second kappa shape index (κ2) is 12.2. The molecule has 0 bridgehead atoms. The molecule has 1 saturated carbocycles. The quantitative estimate of drug-likeness (QED) is 0.317. The van der Waals surface area contributed by atoms with Gasteiger partial charge < -0.3 is 20.1 Å². The van der Waals surface area contributed by atoms with E-state index in [0.717, 1.165) is 85.9 Å². The number of hydrogen-bond donors (Lipinski definition) is 2. The lowest BCUT2D eigenvalue weighted by atomic mass is 9.93. The highest BCUT2D eigenvalue weighted by Crippen LogP contribution is 2.30. The van der Waals surface area contributed by atoms with E-state index in [-0.39, 0.29) is 0 Å². The third-order valence-corrected chi connectivity index (χ3v) is 8.03. The lowest BCUT2D eigenvalue weighted by Gasteiger charge is -2.29. The zero-order valence-electron chi connectivity index (χ0n) is 22.0. The number of ether oxygens (including phenoxy) is 2. The van der Waals surface area contributed by atoms with E-state index >= 15 is 0 Å². The fourth-order valence-corrected chi connectivity index (χ4v) is 5.76. The summed E-state index contributed by atoms with van der Waals surface area (Å²) in [5.74, 6) is 2.18. The molecule has 0 atom stereocenters. The Hall–Kier alpha value is -3.45. The minimum Gasteiger partial charge on any atom is -0.381 e. The van der Waals surface area contributed by atoms with E-state index in [9.17, 15) is 0 Å². The number of aromatic nitrogens is 6. The lowest BCUT2D eigenvalue weighted by Crippen LogP contribution is -2.35. The van der Waals surface area contributed by atoms with Crippen molar-refractivity contribution in [1.82, 2.24) is 35.1 Å². The number of benzene rings is 1. The average molecular weight is 548 g/mol. The predicted octanol–water partition coefficient (Wildman–Crippen LogP) is 4.13. The van der Waals surface area contributed by atoms with Crippen LogP contribution in [0.4, 0.5) is 16.8 Å². The Labute approximate surface area is 231 Å². The fraction of sp³-hybridized carbons (Fsp3) is 0.444. The van der Waals surface area contributed by atoms with E-state index in [4.69, 9.17) is 14.5 Å². The second-order valence-corrected chi connectivity index (χ2v) is 10.9. The van der Waals surface area contributed by atoms with Crippen LogP contribution in [-0.4, -0.2) is 80.6 Å². The van der Waals surface area contributed by atoms with Crippen molar-refractivity contribution >= 4 is 28.1 Å². The predicted molar refractivity (Wildman–Crippen MR) is 151 cm³/mol. The Bertz CT molecular complexity index is 1350. The van der Waals surface area contributed by atoms with E-state index in [1.807, 2.05) is 30.3 Å². The molecule has 1 aliphatic heterocycles. The summed E-state index contributed by atoms with van der Waals surface area (Å²) in [6.07, 6.45) is 6.41. The molecule has 1 aliphatic carbocycles. The van der Waals surface area contributed by atoms with Gasteiger partial charge in [-0.3, -0.25) is 4.90 Å². The molecule has 2 aliphatic rings. The first-order chi connectivity index (χ1) is 19.2. The zero-order chi connectivity index (χ0) is 26.4. The summed E-state index contributed by atoms with van der Waals surface area (Å²) in [5, 5.41) is 20.8. The van der Waals surface area contributed by atoms with Crippen LogP contribution in [0.15, 0.2) is 48.7 Å². The number of morpholine rings is 1. The summed E-state index contributed by atoms with van der Waals surface area (Å²) in [6.45, 7) is 4.26. The Balaban J connectivity index is 1.18. The minimum absolute atomic E-state index is 0.365. The Morgan fingerprint density at radius 2 is 1.85 bits per heavy atom. The van der Waals surface area contributed by atoms with Crippen molar-refractivity contribution in [2.45, 2.75) is 44.4 Å². The monoisotopic (exact) mass is 547 g/mol. The standard InChI is InChI=1S/C27H33N9O2S/c1-37-22-9-7-20(8-10-22)29-24-15-19(18-35-11-13-38-14-12-35)16-25(30-24)31-27-28-17-23(39-27)26-32-34-36(33-26)21-5-3-2-4-6-21/h2-6,15-17,20,22H,7-14,18H2,1H3,(H2,28,29,30,31). The highest BCUT2D eigenvalue weighted by Gasteiger charge is 2.22. The van der Waals surface area contributed by atoms with Crippen LogP contribution in [0, 0.1) is 0 Å². The minimum atomic E-state index is 0.365. The average Bonchev–Trinajstić information content (AvgIpc) is 3.65. The van der Waals surface area contributed by atoms with Crippen molar-refractivity contribution in [3.8, 4) is 16.4 Å². The van der Waals surface area contributed by atoms with Crippen LogP contribution in [0.1, 0.15) is 31.2 Å². The number of pyridine rings is 1. The molecule has 0 spiro atoms. The molecule has 2 fully saturated rings. The molecule has 6 rings (SSSR count). The van der Waals surface area contributed by atoms with Gasteiger partial charge in [0.15, 0.2) is 5.13 Å². The SMILES string of the molecule is COC1CCC(Nc2cc(CN3CCOCC3)cc(Nc3ncc(-c4nnn(-c5ccccc5)n4)s3)n2)CC1. The number of hydrogen-bond acceptors (Lipinski definition) is 11. The first-order valence-corrected chi connectivity index (χ1v) is 14.2. The molecule has 3 aromatic heterocycles. The first kappa shape index (κ1) is 25.8. The number of nitrogens with one attached hydrogen (secondary N) is 2. The topological polar surface area (TPSA) is 115 Å². The van der Waals surface area contributed by atoms with Crippen LogP contribution >= 0.6 is 11.3 Å². The van der Waals surface area contributed by atoms with Gasteiger partial charge in [-0.05, 0) is 60.7 Å². The molecule has 2 N–H and O–H groups in total. The van der Waals surface area contributed by atoms with Gasteiger partial charge in [0.2, 0.25) is 5.82 Å². The van der Waals surface area contributed by atoms with Crippen molar-refractivity contribution < 1.29 is 9.47 Å². The van der Waals surface area contributed by atoms with Crippen molar-refractivity contribution in [2.75, 3.05) is 44.0 Å². The number of thiazole rings is 1. The number of methoxy groups -OCH3 is 1. The third-order valence-electron chi connectivity index (χ3n) is 7.12. The van der Waals surface area contributed by atoms with Crippen LogP contribution in [-0.2, 0) is 16.0 Å². The van der Waals surface area contributed by atoms with Crippen molar-refractivity contribution in [2.24, 2.45) is 0 Å².